The molecule has 1 N–H and O–H groups in total. The van der Waals surface area contributed by atoms with Crippen LogP contribution in [0.25, 0.3) is 0 Å². The van der Waals surface area contributed by atoms with Gasteiger partial charge in [0.25, 0.3) is 0 Å². The minimum absolute atomic E-state index is 0.123. The van der Waals surface area contributed by atoms with Gasteiger partial charge in [0.05, 0.1) is 0 Å². The fourth-order valence-corrected chi connectivity index (χ4v) is 0.204. The SMILES string of the molecule is [3H]C([3H])N(C)C([3H])([3H])CNC. The van der Waals surface area contributed by atoms with Crippen LogP contribution in [0.2, 0.25) is 0 Å². The van der Waals surface area contributed by atoms with Crippen molar-refractivity contribution in [3.05, 3.63) is 0 Å². The highest BCUT2D eigenvalue weighted by Gasteiger charge is 1.82. The fourth-order valence-electron chi connectivity index (χ4n) is 0.204. The highest BCUT2D eigenvalue weighted by atomic mass is 15.1. The highest BCUT2D eigenvalue weighted by Crippen LogP contribution is 1.66. The lowest BCUT2D eigenvalue weighted by molar-refractivity contribution is 0.407. The minimum Gasteiger partial charge on any atom is -0.318 e. The molecule has 0 atom stereocenters. The van der Waals surface area contributed by atoms with Crippen molar-refractivity contribution in [1.29, 1.82) is 0 Å². The van der Waals surface area contributed by atoms with Gasteiger partial charge in [0.2, 0.25) is 0 Å². The van der Waals surface area contributed by atoms with Gasteiger partial charge in [0.1, 0.15) is 0 Å². The molecule has 0 radical (unpaired) electrons. The number of hydrogen-bond acceptors (Lipinski definition) is 2. The summed E-state index contributed by atoms with van der Waals surface area (Å²) in [6.45, 7) is -2.76. The molecule has 2 heteroatoms. The Morgan fingerprint density at radius 1 is 2.00 bits per heavy atom. The van der Waals surface area contributed by atoms with Crippen molar-refractivity contribution in [2.24, 2.45) is 0 Å². The van der Waals surface area contributed by atoms with E-state index >= 15 is 0 Å². The van der Waals surface area contributed by atoms with E-state index in [1.165, 1.54) is 7.05 Å². The molecule has 0 rings (SSSR count). The van der Waals surface area contributed by atoms with Crippen LogP contribution in [0.3, 0.4) is 0 Å². The molecule has 2 nitrogen and oxygen atoms in total. The van der Waals surface area contributed by atoms with Crippen LogP contribution in [-0.4, -0.2) is 39.0 Å². The Bertz CT molecular complexity index is 117. The third-order valence-electron chi connectivity index (χ3n) is 0.505. The van der Waals surface area contributed by atoms with Crippen LogP contribution >= 0.6 is 0 Å². The maximum absolute atomic E-state index is 7.35. The van der Waals surface area contributed by atoms with Gasteiger partial charge in [-0.1, -0.05) is 0 Å². The monoisotopic (exact) mass is 110 g/mol. The molecule has 0 saturated carbocycles. The molecule has 0 aromatic rings. The molecular weight excluding hydrogens is 88.1 g/mol. The van der Waals surface area contributed by atoms with Gasteiger partial charge in [-0.05, 0) is 21.1 Å². The van der Waals surface area contributed by atoms with E-state index in [2.05, 4.69) is 5.32 Å². The summed E-state index contributed by atoms with van der Waals surface area (Å²) in [5.41, 5.74) is 0. The first-order valence-corrected chi connectivity index (χ1v) is 2.14. The third-order valence-corrected chi connectivity index (χ3v) is 0.505. The molecule has 0 spiro atoms. The molecule has 0 bridgehead atoms. The van der Waals surface area contributed by atoms with E-state index in [-0.39, 0.29) is 6.54 Å². The third kappa shape index (κ3) is 5.92. The topological polar surface area (TPSA) is 15.3 Å². The number of likely N-dealkylation sites (N-methyl/N-ethyl adjacent to an activating group) is 2. The summed E-state index contributed by atoms with van der Waals surface area (Å²) < 4.78 is 28.6. The summed E-state index contributed by atoms with van der Waals surface area (Å²) in [6.07, 6.45) is 0. The first kappa shape index (κ1) is 2.46. The molecule has 0 heterocycles. The van der Waals surface area contributed by atoms with Crippen molar-refractivity contribution in [3.63, 3.8) is 0 Å². The Morgan fingerprint density at radius 3 is 3.14 bits per heavy atom. The van der Waals surface area contributed by atoms with E-state index in [0.29, 0.717) is 0 Å². The van der Waals surface area contributed by atoms with Gasteiger partial charge in [0.15, 0.2) is 0 Å². The van der Waals surface area contributed by atoms with E-state index < -0.39 is 13.5 Å². The highest BCUT2D eigenvalue weighted by molar-refractivity contribution is 4.42. The zero-order chi connectivity index (χ0) is 9.07. The van der Waals surface area contributed by atoms with Crippen molar-refractivity contribution < 1.29 is 5.48 Å². The molecule has 44 valence electrons. The average Bonchev–Trinajstić information content (AvgIpc) is 1.86. The quantitative estimate of drug-likeness (QED) is 0.540. The van der Waals surface area contributed by atoms with Crippen molar-refractivity contribution in [2.75, 3.05) is 34.1 Å². The summed E-state index contributed by atoms with van der Waals surface area (Å²) in [4.78, 5) is 1.05. The van der Waals surface area contributed by atoms with Crippen LogP contribution in [0.15, 0.2) is 0 Å². The van der Waals surface area contributed by atoms with Gasteiger partial charge < -0.3 is 10.2 Å². The Balaban J connectivity index is 4.05. The van der Waals surface area contributed by atoms with Crippen molar-refractivity contribution in [3.8, 4) is 0 Å². The second-order valence-corrected chi connectivity index (χ2v) is 1.30. The summed E-state index contributed by atoms with van der Waals surface area (Å²) >= 11 is 0. The summed E-state index contributed by atoms with van der Waals surface area (Å²) in [7, 11) is 3.05. The van der Waals surface area contributed by atoms with E-state index in [9.17, 15) is 0 Å². The molecule has 0 fully saturated rings. The second kappa shape index (κ2) is 4.09. The molecule has 0 aliphatic carbocycles. The summed E-state index contributed by atoms with van der Waals surface area (Å²) in [6, 6.07) is 0. The van der Waals surface area contributed by atoms with Crippen molar-refractivity contribution >= 4 is 0 Å². The number of nitrogens with zero attached hydrogens (tertiary/aromatic N) is 1. The number of rotatable bonds is 3. The maximum atomic E-state index is 7.35. The largest absolute Gasteiger partial charge is 0.318 e. The molecule has 7 heavy (non-hydrogen) atoms. The van der Waals surface area contributed by atoms with Crippen LogP contribution in [0.4, 0.5) is 0 Å². The van der Waals surface area contributed by atoms with Crippen LogP contribution in [-0.2, 0) is 0 Å². The molecule has 0 aromatic carbocycles. The number of hydrogen-bond donors (Lipinski definition) is 1. The van der Waals surface area contributed by atoms with E-state index in [4.69, 9.17) is 5.48 Å². The van der Waals surface area contributed by atoms with E-state index in [1.807, 2.05) is 0 Å². The van der Waals surface area contributed by atoms with Crippen molar-refractivity contribution in [1.82, 2.24) is 10.2 Å². The van der Waals surface area contributed by atoms with E-state index in [1.54, 1.807) is 7.05 Å². The van der Waals surface area contributed by atoms with Crippen LogP contribution in [0.5, 0.6) is 0 Å². The molecule has 0 saturated heterocycles. The van der Waals surface area contributed by atoms with Gasteiger partial charge in [-0.25, -0.2) is 0 Å². The standard InChI is InChI=1S/C5H14N2/c1-6-4-5-7(2)3/h6H,4-5H2,1-3H3/i2T2,5T2. The second-order valence-electron chi connectivity index (χ2n) is 1.30. The fraction of sp³-hybridized carbons (Fsp3) is 1.00. The number of nitrogens with one attached hydrogen (secondary N) is 1. The molecule has 0 unspecified atom stereocenters. The zero-order valence-electron chi connectivity index (χ0n) is 8.73. The predicted octanol–water partition coefficient (Wildman–Crippen LogP) is -0.233. The smallest absolute Gasteiger partial charge is 0.0444 e. The normalized spacial score (nSPS) is 21.1. The van der Waals surface area contributed by atoms with Crippen LogP contribution in [0, 0.1) is 0 Å². The van der Waals surface area contributed by atoms with Gasteiger partial charge >= 0.3 is 0 Å². The first-order chi connectivity index (χ1) is 4.91. The summed E-state index contributed by atoms with van der Waals surface area (Å²) in [5.74, 6) is 0. The van der Waals surface area contributed by atoms with Crippen LogP contribution < -0.4 is 5.32 Å². The molecule has 0 aromatic heterocycles. The Labute approximate surface area is 51.1 Å². The molecular formula is C5H14N2. The lowest BCUT2D eigenvalue weighted by atomic mass is 10.6. The lowest BCUT2D eigenvalue weighted by Gasteiger charge is -2.06. The van der Waals surface area contributed by atoms with Gasteiger partial charge in [-0.15, -0.1) is 0 Å². The Morgan fingerprint density at radius 2 is 2.71 bits per heavy atom. The minimum atomic E-state index is -1.62. The van der Waals surface area contributed by atoms with E-state index in [0.717, 1.165) is 4.90 Å². The zero-order valence-corrected chi connectivity index (χ0v) is 4.73. The average molecular weight is 110 g/mol. The lowest BCUT2D eigenvalue weighted by Crippen LogP contribution is -2.23. The van der Waals surface area contributed by atoms with Gasteiger partial charge in [0, 0.05) is 18.5 Å². The maximum Gasteiger partial charge on any atom is 0.0444 e. The summed E-state index contributed by atoms with van der Waals surface area (Å²) in [5, 5.41) is 2.66. The molecule has 0 aliphatic heterocycles. The van der Waals surface area contributed by atoms with Crippen molar-refractivity contribution in [2.45, 2.75) is 0 Å². The van der Waals surface area contributed by atoms with Gasteiger partial charge in [-0.3, -0.25) is 0 Å². The Hall–Kier alpha value is -0.0800. The predicted molar refractivity (Wildman–Crippen MR) is 32.5 cm³/mol. The Kier molecular flexibility index (Phi) is 1.44. The molecule has 0 aliphatic rings. The first-order valence-electron chi connectivity index (χ1n) is 4.29. The van der Waals surface area contributed by atoms with Crippen LogP contribution in [0.1, 0.15) is 5.48 Å². The molecule has 0 amide bonds. The van der Waals surface area contributed by atoms with Gasteiger partial charge in [-0.2, -0.15) is 0 Å².